The number of esters is 1. The minimum atomic E-state index is -4.21. The summed E-state index contributed by atoms with van der Waals surface area (Å²) >= 11 is 0. The Balaban J connectivity index is 2.07. The van der Waals surface area contributed by atoms with Crippen LogP contribution < -0.4 is 5.73 Å². The van der Waals surface area contributed by atoms with Crippen LogP contribution in [0.4, 0.5) is 0 Å². The average Bonchev–Trinajstić information content (AvgIpc) is 3.26. The molecule has 0 spiro atoms. The summed E-state index contributed by atoms with van der Waals surface area (Å²) < 4.78 is 59.7. The number of methoxy groups -OCH3 is 1. The first-order chi connectivity index (χ1) is 15.7. The molecule has 1 aromatic heterocycles. The monoisotopic (exact) mass is 484 g/mol. The molecule has 0 aliphatic carbocycles. The molecule has 0 unspecified atom stereocenters. The predicted octanol–water partition coefficient (Wildman–Crippen LogP) is 2.96. The molecule has 0 amide bonds. The van der Waals surface area contributed by atoms with E-state index in [1.165, 1.54) is 49.6 Å². The summed E-state index contributed by atoms with van der Waals surface area (Å²) in [6.45, 7) is 0.238. The molecule has 0 saturated carbocycles. The molecule has 0 radical (unpaired) electrons. The highest BCUT2D eigenvalue weighted by Gasteiger charge is 2.30. The number of hydrogen-bond acceptors (Lipinski definition) is 7. The Morgan fingerprint density at radius 3 is 2.15 bits per heavy atom. The summed E-state index contributed by atoms with van der Waals surface area (Å²) in [4.78, 5) is 12.1. The minimum Gasteiger partial charge on any atom is -0.465 e. The molecule has 0 fully saturated rings. The molecule has 0 aliphatic heterocycles. The predicted molar refractivity (Wildman–Crippen MR) is 122 cm³/mol. The van der Waals surface area contributed by atoms with Crippen LogP contribution in [0, 0.1) is 0 Å². The van der Waals surface area contributed by atoms with Crippen molar-refractivity contribution in [3.8, 4) is 0 Å². The molecular formula is C23H20N2O6S2. The Morgan fingerprint density at radius 2 is 1.55 bits per heavy atom. The third kappa shape index (κ3) is 3.82. The second kappa shape index (κ2) is 8.47. The van der Waals surface area contributed by atoms with Gasteiger partial charge in [-0.05, 0) is 42.0 Å². The number of hydrogen-bond donors (Lipinski definition) is 1. The number of carbonyl (C=O) groups excluding carboxylic acids is 1. The Morgan fingerprint density at radius 1 is 0.879 bits per heavy atom. The maximum absolute atomic E-state index is 13.6. The van der Waals surface area contributed by atoms with E-state index in [2.05, 4.69) is 0 Å². The zero-order valence-electron chi connectivity index (χ0n) is 17.5. The smallest absolute Gasteiger partial charge is 0.338 e. The number of rotatable bonds is 6. The van der Waals surface area contributed by atoms with Crippen molar-refractivity contribution in [2.24, 2.45) is 5.73 Å². The SMILES string of the molecule is COC(=O)c1cccc2c1c(S(=O)(=O)c1ccc(CN)cc1)cn2S(=O)(=O)c1ccccc1. The van der Waals surface area contributed by atoms with E-state index >= 15 is 0 Å². The Kier molecular flexibility index (Phi) is 5.83. The van der Waals surface area contributed by atoms with Gasteiger partial charge in [0.15, 0.2) is 0 Å². The van der Waals surface area contributed by atoms with Gasteiger partial charge in [0.25, 0.3) is 10.0 Å². The lowest BCUT2D eigenvalue weighted by Crippen LogP contribution is -2.12. The highest BCUT2D eigenvalue weighted by Crippen LogP contribution is 2.35. The standard InChI is InChI=1S/C23H20N2O6S2/c1-31-23(26)19-8-5-9-20-22(19)21(32(27,28)17-12-10-16(14-24)11-13-17)15-25(20)33(29,30)18-6-3-2-4-7-18/h2-13,15H,14,24H2,1H3. The molecule has 0 aliphatic rings. The van der Waals surface area contributed by atoms with Gasteiger partial charge >= 0.3 is 5.97 Å². The largest absolute Gasteiger partial charge is 0.465 e. The molecular weight excluding hydrogens is 464 g/mol. The Bertz CT molecular complexity index is 1560. The van der Waals surface area contributed by atoms with Crippen molar-refractivity contribution in [3.63, 3.8) is 0 Å². The fraction of sp³-hybridized carbons (Fsp3) is 0.0870. The highest BCUT2D eigenvalue weighted by molar-refractivity contribution is 7.92. The van der Waals surface area contributed by atoms with Crippen LogP contribution in [-0.4, -0.2) is 33.9 Å². The van der Waals surface area contributed by atoms with Crippen LogP contribution in [0.2, 0.25) is 0 Å². The van der Waals surface area contributed by atoms with Crippen molar-refractivity contribution in [2.45, 2.75) is 21.2 Å². The quantitative estimate of drug-likeness (QED) is 0.417. The van der Waals surface area contributed by atoms with Crippen LogP contribution in [-0.2, 0) is 31.1 Å². The number of carbonyl (C=O) groups is 1. The van der Waals surface area contributed by atoms with Crippen molar-refractivity contribution in [1.82, 2.24) is 3.97 Å². The molecule has 8 nitrogen and oxygen atoms in total. The van der Waals surface area contributed by atoms with E-state index in [1.54, 1.807) is 30.3 Å². The molecule has 4 aromatic rings. The van der Waals surface area contributed by atoms with Crippen molar-refractivity contribution < 1.29 is 26.4 Å². The van der Waals surface area contributed by atoms with E-state index in [-0.39, 0.29) is 37.7 Å². The molecule has 0 saturated heterocycles. The summed E-state index contributed by atoms with van der Waals surface area (Å²) in [5, 5.41) is -0.0354. The molecule has 33 heavy (non-hydrogen) atoms. The van der Waals surface area contributed by atoms with Crippen molar-refractivity contribution in [1.29, 1.82) is 0 Å². The summed E-state index contributed by atoms with van der Waals surface area (Å²) in [5.41, 5.74) is 6.31. The highest BCUT2D eigenvalue weighted by atomic mass is 32.2. The van der Waals surface area contributed by atoms with Crippen LogP contribution in [0.1, 0.15) is 15.9 Å². The molecule has 3 aromatic carbocycles. The van der Waals surface area contributed by atoms with E-state index < -0.39 is 25.8 Å². The second-order valence-electron chi connectivity index (χ2n) is 7.15. The number of sulfone groups is 1. The topological polar surface area (TPSA) is 126 Å². The van der Waals surface area contributed by atoms with Crippen LogP contribution in [0.15, 0.2) is 93.7 Å². The molecule has 4 rings (SSSR count). The maximum Gasteiger partial charge on any atom is 0.338 e. The summed E-state index contributed by atoms with van der Waals surface area (Å²) in [5.74, 6) is -0.787. The van der Waals surface area contributed by atoms with Gasteiger partial charge in [0.1, 0.15) is 0 Å². The minimum absolute atomic E-state index is 0.0263. The maximum atomic E-state index is 13.6. The van der Waals surface area contributed by atoms with Gasteiger partial charge in [0.2, 0.25) is 9.84 Å². The van der Waals surface area contributed by atoms with Crippen LogP contribution in [0.3, 0.4) is 0 Å². The number of benzene rings is 3. The van der Waals surface area contributed by atoms with Gasteiger partial charge in [-0.2, -0.15) is 0 Å². The van der Waals surface area contributed by atoms with Gasteiger partial charge in [-0.15, -0.1) is 0 Å². The van der Waals surface area contributed by atoms with Gasteiger partial charge < -0.3 is 10.5 Å². The Hall–Kier alpha value is -3.47. The first-order valence-electron chi connectivity index (χ1n) is 9.79. The van der Waals surface area contributed by atoms with Crippen LogP contribution in [0.25, 0.3) is 10.9 Å². The van der Waals surface area contributed by atoms with Gasteiger partial charge in [0.05, 0.1) is 32.9 Å². The lowest BCUT2D eigenvalue weighted by atomic mass is 10.1. The zero-order valence-corrected chi connectivity index (χ0v) is 19.1. The summed E-state index contributed by atoms with van der Waals surface area (Å²) in [6.07, 6.45) is 1.03. The molecule has 170 valence electrons. The number of nitrogens with zero attached hydrogens (tertiary/aromatic N) is 1. The van der Waals surface area contributed by atoms with E-state index in [0.29, 0.717) is 0 Å². The number of ether oxygens (including phenoxy) is 1. The van der Waals surface area contributed by atoms with Crippen molar-refractivity contribution in [2.75, 3.05) is 7.11 Å². The van der Waals surface area contributed by atoms with E-state index in [9.17, 15) is 21.6 Å². The van der Waals surface area contributed by atoms with Gasteiger partial charge in [-0.3, -0.25) is 0 Å². The number of nitrogens with two attached hydrogens (primary N) is 1. The average molecular weight is 485 g/mol. The van der Waals surface area contributed by atoms with Crippen molar-refractivity contribution in [3.05, 3.63) is 90.1 Å². The van der Waals surface area contributed by atoms with E-state index in [4.69, 9.17) is 10.5 Å². The van der Waals surface area contributed by atoms with Gasteiger partial charge in [0, 0.05) is 18.1 Å². The van der Waals surface area contributed by atoms with Crippen LogP contribution >= 0.6 is 0 Å². The summed E-state index contributed by atoms with van der Waals surface area (Å²) in [6, 6.07) is 17.9. The number of fused-ring (bicyclic) bond motifs is 1. The molecule has 10 heteroatoms. The lowest BCUT2D eigenvalue weighted by Gasteiger charge is -2.08. The van der Waals surface area contributed by atoms with Crippen molar-refractivity contribution >= 4 is 36.7 Å². The lowest BCUT2D eigenvalue weighted by molar-refractivity contribution is 0.0603. The first kappa shape index (κ1) is 22.7. The third-order valence-electron chi connectivity index (χ3n) is 5.22. The molecule has 0 bridgehead atoms. The molecule has 1 heterocycles. The summed E-state index contributed by atoms with van der Waals surface area (Å²) in [7, 11) is -7.21. The zero-order chi connectivity index (χ0) is 23.8. The second-order valence-corrected chi connectivity index (χ2v) is 10.9. The fourth-order valence-electron chi connectivity index (χ4n) is 3.54. The molecule has 2 N–H and O–H groups in total. The fourth-order valence-corrected chi connectivity index (χ4v) is 6.47. The van der Waals surface area contributed by atoms with Gasteiger partial charge in [-0.1, -0.05) is 36.4 Å². The van der Waals surface area contributed by atoms with Gasteiger partial charge in [-0.25, -0.2) is 25.6 Å². The Labute approximate surface area is 191 Å². The van der Waals surface area contributed by atoms with E-state index in [0.717, 1.165) is 15.7 Å². The molecule has 0 atom stereocenters. The van der Waals surface area contributed by atoms with E-state index in [1.807, 2.05) is 0 Å². The number of aromatic nitrogens is 1. The third-order valence-corrected chi connectivity index (χ3v) is 8.69. The van der Waals surface area contributed by atoms with Crippen LogP contribution in [0.5, 0.6) is 0 Å². The normalized spacial score (nSPS) is 12.1. The first-order valence-corrected chi connectivity index (χ1v) is 12.7.